The van der Waals surface area contributed by atoms with Crippen molar-refractivity contribution in [2.75, 3.05) is 18.4 Å². The molecule has 6 heteroatoms. The molecule has 0 aliphatic carbocycles. The number of rotatable bonds is 3. The summed E-state index contributed by atoms with van der Waals surface area (Å²) in [5, 5.41) is 11.8. The lowest BCUT2D eigenvalue weighted by Gasteiger charge is -2.19. The van der Waals surface area contributed by atoms with E-state index < -0.39 is 5.97 Å². The van der Waals surface area contributed by atoms with Gasteiger partial charge in [-0.25, -0.2) is 9.59 Å². The number of halogens is 1. The number of carboxylic acids is 1. The Morgan fingerprint density at radius 3 is 2.67 bits per heavy atom. The minimum Gasteiger partial charge on any atom is -0.478 e. The van der Waals surface area contributed by atoms with Crippen LogP contribution in [-0.2, 0) is 0 Å². The fourth-order valence-electron chi connectivity index (χ4n) is 2.48. The number of carboxylic acid groups (broad SMARTS) is 1. The van der Waals surface area contributed by atoms with E-state index >= 15 is 0 Å². The van der Waals surface area contributed by atoms with E-state index in [1.54, 1.807) is 11.0 Å². The fraction of sp³-hybridized carbons (Fsp3) is 0.467. The van der Waals surface area contributed by atoms with Crippen LogP contribution in [0.5, 0.6) is 0 Å². The van der Waals surface area contributed by atoms with Gasteiger partial charge < -0.3 is 15.3 Å². The zero-order valence-electron chi connectivity index (χ0n) is 12.1. The third kappa shape index (κ3) is 3.67. The first kappa shape index (κ1) is 15.6. The van der Waals surface area contributed by atoms with E-state index in [-0.39, 0.29) is 16.6 Å². The summed E-state index contributed by atoms with van der Waals surface area (Å²) in [6.07, 6.45) is 1.02. The maximum absolute atomic E-state index is 12.2. The van der Waals surface area contributed by atoms with Gasteiger partial charge in [-0.1, -0.05) is 25.4 Å². The minimum atomic E-state index is -1.09. The second kappa shape index (κ2) is 6.35. The summed E-state index contributed by atoms with van der Waals surface area (Å²) in [7, 11) is 0. The second-order valence-electron chi connectivity index (χ2n) is 5.67. The summed E-state index contributed by atoms with van der Waals surface area (Å²) in [4.78, 5) is 24.8. The molecular weight excluding hydrogens is 292 g/mol. The van der Waals surface area contributed by atoms with Crippen molar-refractivity contribution in [3.8, 4) is 0 Å². The number of hydrogen-bond donors (Lipinski definition) is 2. The number of likely N-dealkylation sites (tertiary alicyclic amines) is 1. The Balaban J connectivity index is 2.00. The van der Waals surface area contributed by atoms with E-state index in [1.165, 1.54) is 12.1 Å². The molecule has 5 nitrogen and oxygen atoms in total. The maximum Gasteiger partial charge on any atom is 0.337 e. The number of aromatic carboxylic acids is 1. The molecule has 1 fully saturated rings. The quantitative estimate of drug-likeness (QED) is 0.897. The van der Waals surface area contributed by atoms with Gasteiger partial charge in [0.25, 0.3) is 0 Å². The third-order valence-corrected chi connectivity index (χ3v) is 4.22. The van der Waals surface area contributed by atoms with Gasteiger partial charge in [-0.05, 0) is 36.5 Å². The Bertz CT molecular complexity index is 560. The van der Waals surface area contributed by atoms with Crippen molar-refractivity contribution in [2.45, 2.75) is 20.3 Å². The first-order valence-corrected chi connectivity index (χ1v) is 7.35. The molecule has 1 aliphatic rings. The topological polar surface area (TPSA) is 69.6 Å². The SMILES string of the molecule is CC(C)C1CCN(C(=O)Nc2ccc(C(=O)O)c(Cl)c2)C1. The summed E-state index contributed by atoms with van der Waals surface area (Å²) in [6.45, 7) is 5.83. The maximum atomic E-state index is 12.2. The minimum absolute atomic E-state index is 0.0238. The first-order valence-electron chi connectivity index (χ1n) is 6.97. The molecule has 1 aliphatic heterocycles. The van der Waals surface area contributed by atoms with E-state index in [0.717, 1.165) is 19.5 Å². The van der Waals surface area contributed by atoms with Crippen molar-refractivity contribution in [1.29, 1.82) is 0 Å². The lowest BCUT2D eigenvalue weighted by molar-refractivity contribution is 0.0697. The highest BCUT2D eigenvalue weighted by molar-refractivity contribution is 6.33. The largest absolute Gasteiger partial charge is 0.478 e. The molecule has 0 bridgehead atoms. The molecule has 0 saturated carbocycles. The number of amides is 2. The molecular formula is C15H19ClN2O3. The number of anilines is 1. The fourth-order valence-corrected chi connectivity index (χ4v) is 2.75. The van der Waals surface area contributed by atoms with Crippen molar-refractivity contribution in [2.24, 2.45) is 11.8 Å². The number of nitrogens with one attached hydrogen (secondary N) is 1. The number of carbonyl (C=O) groups is 2. The zero-order chi connectivity index (χ0) is 15.6. The van der Waals surface area contributed by atoms with Crippen LogP contribution >= 0.6 is 11.6 Å². The molecule has 1 unspecified atom stereocenters. The van der Waals surface area contributed by atoms with E-state index in [9.17, 15) is 9.59 Å². The van der Waals surface area contributed by atoms with E-state index in [1.807, 2.05) is 0 Å². The average Bonchev–Trinajstić information content (AvgIpc) is 2.88. The molecule has 2 rings (SSSR count). The van der Waals surface area contributed by atoms with Crippen LogP contribution in [0.1, 0.15) is 30.6 Å². The lowest BCUT2D eigenvalue weighted by atomic mass is 9.95. The number of urea groups is 1. The van der Waals surface area contributed by atoms with Gasteiger partial charge in [-0.2, -0.15) is 0 Å². The molecule has 2 amide bonds. The van der Waals surface area contributed by atoms with Crippen LogP contribution in [0.4, 0.5) is 10.5 Å². The van der Waals surface area contributed by atoms with Gasteiger partial charge in [-0.3, -0.25) is 0 Å². The molecule has 0 radical (unpaired) electrons. The smallest absolute Gasteiger partial charge is 0.337 e. The van der Waals surface area contributed by atoms with Gasteiger partial charge in [0.1, 0.15) is 0 Å². The van der Waals surface area contributed by atoms with Crippen LogP contribution in [0, 0.1) is 11.8 Å². The van der Waals surface area contributed by atoms with Gasteiger partial charge in [0.15, 0.2) is 0 Å². The third-order valence-electron chi connectivity index (χ3n) is 3.91. The summed E-state index contributed by atoms with van der Waals surface area (Å²) >= 11 is 5.89. The molecule has 1 heterocycles. The zero-order valence-corrected chi connectivity index (χ0v) is 12.9. The highest BCUT2D eigenvalue weighted by atomic mass is 35.5. The van der Waals surface area contributed by atoms with Crippen molar-refractivity contribution >= 4 is 29.3 Å². The predicted molar refractivity (Wildman–Crippen MR) is 81.9 cm³/mol. The second-order valence-corrected chi connectivity index (χ2v) is 6.08. The summed E-state index contributed by atoms with van der Waals surface area (Å²) in [5.74, 6) is 0.0120. The Hall–Kier alpha value is -1.75. The molecule has 1 aromatic carbocycles. The Labute approximate surface area is 128 Å². The number of hydrogen-bond acceptors (Lipinski definition) is 2. The van der Waals surface area contributed by atoms with Crippen molar-refractivity contribution in [1.82, 2.24) is 4.90 Å². The highest BCUT2D eigenvalue weighted by Crippen LogP contribution is 2.25. The van der Waals surface area contributed by atoms with E-state index in [4.69, 9.17) is 16.7 Å². The molecule has 0 spiro atoms. The molecule has 1 atom stereocenters. The Kier molecular flexibility index (Phi) is 4.73. The lowest BCUT2D eigenvalue weighted by Crippen LogP contribution is -2.33. The van der Waals surface area contributed by atoms with Crippen molar-refractivity contribution in [3.05, 3.63) is 28.8 Å². The van der Waals surface area contributed by atoms with Crippen LogP contribution in [-0.4, -0.2) is 35.1 Å². The molecule has 21 heavy (non-hydrogen) atoms. The standard InChI is InChI=1S/C15H19ClN2O3/c1-9(2)10-5-6-18(8-10)15(21)17-11-3-4-12(14(19)20)13(16)7-11/h3-4,7,9-10H,5-6,8H2,1-2H3,(H,17,21)(H,19,20). The Morgan fingerprint density at radius 2 is 2.14 bits per heavy atom. The molecule has 1 aromatic rings. The summed E-state index contributed by atoms with van der Waals surface area (Å²) in [6, 6.07) is 4.22. The van der Waals surface area contributed by atoms with Crippen LogP contribution in [0.3, 0.4) is 0 Å². The van der Waals surface area contributed by atoms with Crippen molar-refractivity contribution in [3.63, 3.8) is 0 Å². The van der Waals surface area contributed by atoms with Crippen LogP contribution in [0.2, 0.25) is 5.02 Å². The number of benzene rings is 1. The Morgan fingerprint density at radius 1 is 1.43 bits per heavy atom. The molecule has 114 valence electrons. The molecule has 0 aromatic heterocycles. The van der Waals surface area contributed by atoms with Gasteiger partial charge in [0.2, 0.25) is 0 Å². The summed E-state index contributed by atoms with van der Waals surface area (Å²) in [5.41, 5.74) is 0.527. The van der Waals surface area contributed by atoms with Crippen LogP contribution < -0.4 is 5.32 Å². The number of nitrogens with zero attached hydrogens (tertiary/aromatic N) is 1. The van der Waals surface area contributed by atoms with Crippen LogP contribution in [0.15, 0.2) is 18.2 Å². The van der Waals surface area contributed by atoms with Gasteiger partial charge in [-0.15, -0.1) is 0 Å². The normalized spacial score (nSPS) is 18.1. The van der Waals surface area contributed by atoms with Crippen LogP contribution in [0.25, 0.3) is 0 Å². The monoisotopic (exact) mass is 310 g/mol. The van der Waals surface area contributed by atoms with Gasteiger partial charge >= 0.3 is 12.0 Å². The van der Waals surface area contributed by atoms with Gasteiger partial charge in [0, 0.05) is 18.8 Å². The van der Waals surface area contributed by atoms with E-state index in [0.29, 0.717) is 17.5 Å². The predicted octanol–water partition coefficient (Wildman–Crippen LogP) is 3.55. The number of carbonyl (C=O) groups excluding carboxylic acids is 1. The summed E-state index contributed by atoms with van der Waals surface area (Å²) < 4.78 is 0. The van der Waals surface area contributed by atoms with Gasteiger partial charge in [0.05, 0.1) is 10.6 Å². The molecule has 1 saturated heterocycles. The van der Waals surface area contributed by atoms with Crippen molar-refractivity contribution < 1.29 is 14.7 Å². The molecule has 2 N–H and O–H groups in total. The van der Waals surface area contributed by atoms with E-state index in [2.05, 4.69) is 19.2 Å². The first-order chi connectivity index (χ1) is 9.88. The highest BCUT2D eigenvalue weighted by Gasteiger charge is 2.28. The average molecular weight is 311 g/mol.